The van der Waals surface area contributed by atoms with E-state index in [0.717, 1.165) is 17.1 Å². The molecule has 0 unspecified atom stereocenters. The van der Waals surface area contributed by atoms with Crippen LogP contribution in [0.15, 0.2) is 79.2 Å². The molecule has 5 rings (SSSR count). The summed E-state index contributed by atoms with van der Waals surface area (Å²) in [7, 11) is 6.71. The number of benzene rings is 3. The van der Waals surface area contributed by atoms with Gasteiger partial charge in [0.15, 0.2) is 23.1 Å². The van der Waals surface area contributed by atoms with Crippen molar-refractivity contribution in [2.24, 2.45) is 0 Å². The number of fused-ring (bicyclic) bond motifs is 1. The predicted octanol–water partition coefficient (Wildman–Crippen LogP) is 5.28. The van der Waals surface area contributed by atoms with E-state index in [1.807, 2.05) is 54.4 Å². The normalized spacial score (nSPS) is 12.7. The van der Waals surface area contributed by atoms with Crippen molar-refractivity contribution in [2.75, 3.05) is 51.8 Å². The Morgan fingerprint density at radius 1 is 0.833 bits per heavy atom. The molecule has 1 aromatic heterocycles. The van der Waals surface area contributed by atoms with Crippen LogP contribution in [0.2, 0.25) is 0 Å². The maximum atomic E-state index is 13.0. The van der Waals surface area contributed by atoms with Crippen molar-refractivity contribution >= 4 is 50.9 Å². The standard InChI is InChI=1S/C32H30N4O6/c1-36(20-5-9-23(40-3)10-6-20)21-7-11-27(24(15-21)25-16-22(37)8-12-29(25)38)35-32-26-17-30(41-4)31(42-14-13-39-2)18-28(26)33-19-34-32/h5-12,15-19H,13-14H2,1-4H3,(H,33,34,35). The number of aromatic nitrogens is 2. The highest BCUT2D eigenvalue weighted by molar-refractivity contribution is 6.34. The first-order valence-electron chi connectivity index (χ1n) is 13.1. The summed E-state index contributed by atoms with van der Waals surface area (Å²) in [6, 6.07) is 16.9. The fourth-order valence-corrected chi connectivity index (χ4v) is 4.55. The third-order valence-corrected chi connectivity index (χ3v) is 6.81. The van der Waals surface area contributed by atoms with Crippen LogP contribution in [-0.2, 0) is 14.3 Å². The van der Waals surface area contributed by atoms with Crippen molar-refractivity contribution in [3.63, 3.8) is 0 Å². The fourth-order valence-electron chi connectivity index (χ4n) is 4.55. The summed E-state index contributed by atoms with van der Waals surface area (Å²) in [5.41, 5.74) is 3.77. The molecule has 0 atom stereocenters. The number of allylic oxidation sites excluding steroid dienone is 4. The second-order valence-corrected chi connectivity index (χ2v) is 9.35. The number of ketones is 2. The first-order chi connectivity index (χ1) is 20.4. The molecule has 0 saturated carbocycles. The van der Waals surface area contributed by atoms with Crippen molar-refractivity contribution in [1.29, 1.82) is 0 Å². The van der Waals surface area contributed by atoms with Crippen molar-refractivity contribution in [3.8, 4) is 17.2 Å². The van der Waals surface area contributed by atoms with E-state index in [-0.39, 0.29) is 17.1 Å². The molecule has 42 heavy (non-hydrogen) atoms. The molecule has 1 N–H and O–H groups in total. The third-order valence-electron chi connectivity index (χ3n) is 6.81. The highest BCUT2D eigenvalue weighted by Gasteiger charge is 2.21. The molecule has 0 saturated heterocycles. The Labute approximate surface area is 243 Å². The minimum atomic E-state index is -0.269. The van der Waals surface area contributed by atoms with Gasteiger partial charge in [0.05, 0.1) is 26.3 Å². The Balaban J connectivity index is 1.56. The lowest BCUT2D eigenvalue weighted by Gasteiger charge is -2.23. The molecule has 0 spiro atoms. The summed E-state index contributed by atoms with van der Waals surface area (Å²) in [5, 5.41) is 4.04. The summed E-state index contributed by atoms with van der Waals surface area (Å²) in [4.78, 5) is 36.2. The van der Waals surface area contributed by atoms with Crippen molar-refractivity contribution < 1.29 is 28.5 Å². The van der Waals surface area contributed by atoms with Gasteiger partial charge >= 0.3 is 0 Å². The quantitative estimate of drug-likeness (QED) is 0.190. The number of anilines is 4. The average Bonchev–Trinajstić information content (AvgIpc) is 3.02. The Morgan fingerprint density at radius 2 is 1.62 bits per heavy atom. The minimum Gasteiger partial charge on any atom is -0.497 e. The summed E-state index contributed by atoms with van der Waals surface area (Å²) >= 11 is 0. The van der Waals surface area contributed by atoms with Crippen LogP contribution in [0.25, 0.3) is 16.5 Å². The zero-order chi connectivity index (χ0) is 29.6. The van der Waals surface area contributed by atoms with Gasteiger partial charge in [0.2, 0.25) is 0 Å². The lowest BCUT2D eigenvalue weighted by molar-refractivity contribution is -0.113. The van der Waals surface area contributed by atoms with Gasteiger partial charge in [0.25, 0.3) is 0 Å². The van der Waals surface area contributed by atoms with Gasteiger partial charge in [0, 0.05) is 53.8 Å². The molecule has 0 amide bonds. The zero-order valence-electron chi connectivity index (χ0n) is 23.7. The number of carbonyl (C=O) groups is 2. The maximum Gasteiger partial charge on any atom is 0.186 e. The van der Waals surface area contributed by atoms with E-state index < -0.39 is 0 Å². The van der Waals surface area contributed by atoms with Gasteiger partial charge < -0.3 is 29.2 Å². The van der Waals surface area contributed by atoms with Crippen LogP contribution in [0.1, 0.15) is 5.56 Å². The van der Waals surface area contributed by atoms with Crippen LogP contribution in [0.5, 0.6) is 17.2 Å². The topological polar surface area (TPSA) is 112 Å². The Kier molecular flexibility index (Phi) is 8.44. The molecule has 0 bridgehead atoms. The molecule has 0 aliphatic heterocycles. The molecular weight excluding hydrogens is 536 g/mol. The van der Waals surface area contributed by atoms with Gasteiger partial charge in [-0.1, -0.05) is 0 Å². The van der Waals surface area contributed by atoms with E-state index in [9.17, 15) is 9.59 Å². The molecule has 10 heteroatoms. The zero-order valence-corrected chi connectivity index (χ0v) is 23.7. The number of rotatable bonds is 11. The second-order valence-electron chi connectivity index (χ2n) is 9.35. The Hall–Kier alpha value is -5.22. The van der Waals surface area contributed by atoms with E-state index in [2.05, 4.69) is 15.3 Å². The summed E-state index contributed by atoms with van der Waals surface area (Å²) in [6.07, 6.45) is 5.35. The number of methoxy groups -OCH3 is 3. The van der Waals surface area contributed by atoms with Crippen LogP contribution in [0, 0.1) is 0 Å². The van der Waals surface area contributed by atoms with Gasteiger partial charge in [-0.3, -0.25) is 9.59 Å². The largest absolute Gasteiger partial charge is 0.497 e. The number of hydrogen-bond acceptors (Lipinski definition) is 10. The molecule has 4 aromatic rings. The molecule has 214 valence electrons. The number of hydrogen-bond donors (Lipinski definition) is 1. The Bertz CT molecular complexity index is 1700. The number of carbonyl (C=O) groups excluding carboxylic acids is 2. The van der Waals surface area contributed by atoms with Crippen LogP contribution >= 0.6 is 0 Å². The number of nitrogens with zero attached hydrogens (tertiary/aromatic N) is 3. The molecule has 3 aromatic carbocycles. The maximum absolute atomic E-state index is 13.0. The SMILES string of the molecule is COCCOc1cc2ncnc(Nc3ccc(N(C)c4ccc(OC)cc4)cc3C3=CC(=O)C=CC3=O)c2cc1OC. The molecule has 0 fully saturated rings. The van der Waals surface area contributed by atoms with Crippen molar-refractivity contribution in [3.05, 3.63) is 84.7 Å². The van der Waals surface area contributed by atoms with Gasteiger partial charge in [-0.15, -0.1) is 0 Å². The van der Waals surface area contributed by atoms with Gasteiger partial charge in [-0.2, -0.15) is 0 Å². The van der Waals surface area contributed by atoms with Gasteiger partial charge in [-0.05, 0) is 66.8 Å². The predicted molar refractivity (Wildman–Crippen MR) is 161 cm³/mol. The monoisotopic (exact) mass is 566 g/mol. The van der Waals surface area contributed by atoms with Crippen LogP contribution in [-0.4, -0.2) is 63.1 Å². The van der Waals surface area contributed by atoms with E-state index >= 15 is 0 Å². The number of nitrogens with one attached hydrogen (secondary N) is 1. The highest BCUT2D eigenvalue weighted by atomic mass is 16.5. The van der Waals surface area contributed by atoms with E-state index in [1.54, 1.807) is 33.5 Å². The minimum absolute atomic E-state index is 0.261. The molecule has 10 nitrogen and oxygen atoms in total. The van der Waals surface area contributed by atoms with Crippen LogP contribution < -0.4 is 24.4 Å². The Morgan fingerprint density at radius 3 is 2.36 bits per heavy atom. The van der Waals surface area contributed by atoms with Crippen LogP contribution in [0.4, 0.5) is 22.9 Å². The lowest BCUT2D eigenvalue weighted by atomic mass is 9.94. The van der Waals surface area contributed by atoms with E-state index in [4.69, 9.17) is 18.9 Å². The smallest absolute Gasteiger partial charge is 0.186 e. The molecule has 1 aliphatic rings. The third kappa shape index (κ3) is 5.93. The van der Waals surface area contributed by atoms with Crippen LogP contribution in [0.3, 0.4) is 0 Å². The van der Waals surface area contributed by atoms with E-state index in [1.165, 1.54) is 24.6 Å². The lowest BCUT2D eigenvalue weighted by Crippen LogP contribution is -2.12. The fraction of sp³-hybridized carbons (Fsp3) is 0.188. The van der Waals surface area contributed by atoms with Gasteiger partial charge in [0.1, 0.15) is 24.5 Å². The molecule has 0 radical (unpaired) electrons. The molecule has 1 heterocycles. The summed E-state index contributed by atoms with van der Waals surface area (Å²) in [6.45, 7) is 0.780. The molecular formula is C32H30N4O6. The highest BCUT2D eigenvalue weighted by Crippen LogP contribution is 2.38. The van der Waals surface area contributed by atoms with Crippen molar-refractivity contribution in [2.45, 2.75) is 0 Å². The first-order valence-corrected chi connectivity index (χ1v) is 13.1. The van der Waals surface area contributed by atoms with E-state index in [0.29, 0.717) is 52.7 Å². The van der Waals surface area contributed by atoms with Gasteiger partial charge in [-0.25, -0.2) is 9.97 Å². The average molecular weight is 567 g/mol. The second kappa shape index (κ2) is 12.5. The summed E-state index contributed by atoms with van der Waals surface area (Å²) < 4.78 is 21.7. The first kappa shape index (κ1) is 28.3. The number of ether oxygens (including phenoxy) is 4. The van der Waals surface area contributed by atoms with Crippen molar-refractivity contribution in [1.82, 2.24) is 9.97 Å². The molecule has 1 aliphatic carbocycles. The summed E-state index contributed by atoms with van der Waals surface area (Å²) in [5.74, 6) is 1.75.